The molecule has 0 spiro atoms. The van der Waals surface area contributed by atoms with Gasteiger partial charge in [0, 0.05) is 12.1 Å². The number of halogens is 1. The molecule has 0 bridgehead atoms. The average molecular weight is 436 g/mol. The number of phenols is 1. The summed E-state index contributed by atoms with van der Waals surface area (Å²) in [6, 6.07) is 2.52. The Bertz CT molecular complexity index is 719. The highest BCUT2D eigenvalue weighted by Gasteiger charge is 2.20. The molecule has 1 aliphatic heterocycles. The molecule has 176 valence electrons. The van der Waals surface area contributed by atoms with Crippen LogP contribution in [0.2, 0.25) is 0 Å². The summed E-state index contributed by atoms with van der Waals surface area (Å²) >= 11 is 0. The number of phenolic OH excluding ortho intramolecular Hbond substituents is 1. The van der Waals surface area contributed by atoms with Crippen LogP contribution in [0.25, 0.3) is 0 Å². The van der Waals surface area contributed by atoms with Gasteiger partial charge in [0.1, 0.15) is 23.1 Å². The number of hydrogen-bond donors (Lipinski definition) is 2. The second-order valence-electron chi connectivity index (χ2n) is 7.38. The molecule has 31 heavy (non-hydrogen) atoms. The van der Waals surface area contributed by atoms with Crippen molar-refractivity contribution in [3.8, 4) is 11.5 Å². The first-order valence-corrected chi connectivity index (χ1v) is 11.5. The molecule has 0 amide bonds. The lowest BCUT2D eigenvalue weighted by molar-refractivity contribution is 0.402. The fourth-order valence-corrected chi connectivity index (χ4v) is 2.94. The van der Waals surface area contributed by atoms with Crippen molar-refractivity contribution in [2.45, 2.75) is 80.1 Å². The van der Waals surface area contributed by atoms with Crippen molar-refractivity contribution < 1.29 is 14.2 Å². The summed E-state index contributed by atoms with van der Waals surface area (Å²) in [6.07, 6.45) is 10.1. The second-order valence-corrected chi connectivity index (χ2v) is 7.38. The molecule has 5 nitrogen and oxygen atoms in total. The molecule has 1 atom stereocenters. The van der Waals surface area contributed by atoms with Gasteiger partial charge in [-0.15, -0.1) is 0 Å². The number of rotatable bonds is 8. The van der Waals surface area contributed by atoms with Crippen LogP contribution in [0, 0.1) is 11.7 Å². The minimum atomic E-state index is -0.620. The van der Waals surface area contributed by atoms with Crippen LogP contribution in [-0.2, 0) is 0 Å². The zero-order valence-corrected chi connectivity index (χ0v) is 20.5. The minimum Gasteiger partial charge on any atom is -0.507 e. The Labute approximate surface area is 188 Å². The zero-order chi connectivity index (χ0) is 23.8. The predicted molar refractivity (Wildman–Crippen MR) is 131 cm³/mol. The molecule has 1 heterocycles. The van der Waals surface area contributed by atoms with Crippen molar-refractivity contribution in [2.24, 2.45) is 21.6 Å². The van der Waals surface area contributed by atoms with Crippen molar-refractivity contribution in [3.63, 3.8) is 0 Å². The summed E-state index contributed by atoms with van der Waals surface area (Å²) in [6.45, 7) is 12.8. The van der Waals surface area contributed by atoms with Crippen LogP contribution in [0.15, 0.2) is 34.0 Å². The quantitative estimate of drug-likeness (QED) is 0.450. The predicted octanol–water partition coefficient (Wildman–Crippen LogP) is 6.63. The Morgan fingerprint density at radius 3 is 2.42 bits per heavy atom. The standard InChI is InChI=1S/C13H14FN3O2.C10H22.C2H6/c1-7-13(16-4-3-11(15)17-7)12-9(14)5-8(19-2)6-10(12)18;1-4-6-7-8-9-10(3)5-2;1-2/h3,5-6,18H,4,15H2,1-2H3;10H,4-9H2,1-3H3;1-2H3. The van der Waals surface area contributed by atoms with E-state index in [1.807, 2.05) is 13.8 Å². The van der Waals surface area contributed by atoms with E-state index >= 15 is 0 Å². The van der Waals surface area contributed by atoms with E-state index in [0.717, 1.165) is 5.92 Å². The van der Waals surface area contributed by atoms with Crippen LogP contribution < -0.4 is 10.5 Å². The summed E-state index contributed by atoms with van der Waals surface area (Å²) in [5.74, 6) is 0.651. The normalized spacial score (nSPS) is 13.9. The van der Waals surface area contributed by atoms with Crippen molar-refractivity contribution in [1.82, 2.24) is 0 Å². The molecule has 0 fully saturated rings. The fraction of sp³-hybridized carbons (Fsp3) is 0.600. The molecule has 1 aliphatic rings. The Kier molecular flexibility index (Phi) is 15.1. The number of aliphatic imine (C=N–C) groups is 2. The van der Waals surface area contributed by atoms with Gasteiger partial charge in [0.15, 0.2) is 0 Å². The van der Waals surface area contributed by atoms with Gasteiger partial charge in [-0.2, -0.15) is 0 Å². The number of nitrogens with two attached hydrogens (primary N) is 1. The van der Waals surface area contributed by atoms with E-state index in [4.69, 9.17) is 10.5 Å². The molecule has 3 N–H and O–H groups in total. The Morgan fingerprint density at radius 1 is 1.19 bits per heavy atom. The van der Waals surface area contributed by atoms with Crippen molar-refractivity contribution in [1.29, 1.82) is 0 Å². The van der Waals surface area contributed by atoms with Gasteiger partial charge in [-0.05, 0) is 18.9 Å². The molecular weight excluding hydrogens is 393 g/mol. The first-order chi connectivity index (χ1) is 14.8. The Balaban J connectivity index is 0.000000639. The van der Waals surface area contributed by atoms with Crippen LogP contribution in [0.3, 0.4) is 0 Å². The van der Waals surface area contributed by atoms with Gasteiger partial charge in [0.25, 0.3) is 0 Å². The second kappa shape index (κ2) is 16.3. The summed E-state index contributed by atoms with van der Waals surface area (Å²) in [4.78, 5) is 8.27. The zero-order valence-electron chi connectivity index (χ0n) is 20.5. The summed E-state index contributed by atoms with van der Waals surface area (Å²) < 4.78 is 18.9. The first kappa shape index (κ1) is 28.6. The maximum Gasteiger partial charge on any atom is 0.140 e. The highest BCUT2D eigenvalue weighted by molar-refractivity contribution is 6.48. The van der Waals surface area contributed by atoms with E-state index in [1.165, 1.54) is 57.8 Å². The molecule has 0 aliphatic carbocycles. The number of hydrogen-bond acceptors (Lipinski definition) is 5. The van der Waals surface area contributed by atoms with E-state index in [2.05, 4.69) is 30.8 Å². The van der Waals surface area contributed by atoms with E-state index in [1.54, 1.807) is 13.0 Å². The molecule has 1 aromatic rings. The van der Waals surface area contributed by atoms with Gasteiger partial charge in [0.05, 0.1) is 30.6 Å². The molecular formula is C25H42FN3O2. The van der Waals surface area contributed by atoms with Crippen LogP contribution >= 0.6 is 0 Å². The van der Waals surface area contributed by atoms with Crippen LogP contribution in [0.1, 0.15) is 85.6 Å². The van der Waals surface area contributed by atoms with Gasteiger partial charge < -0.3 is 15.6 Å². The Morgan fingerprint density at radius 2 is 1.87 bits per heavy atom. The van der Waals surface area contributed by atoms with Gasteiger partial charge in [-0.25, -0.2) is 9.38 Å². The number of nitrogens with zero attached hydrogens (tertiary/aromatic N) is 2. The topological polar surface area (TPSA) is 80.2 Å². The third kappa shape index (κ3) is 10.5. The van der Waals surface area contributed by atoms with Gasteiger partial charge >= 0.3 is 0 Å². The first-order valence-electron chi connectivity index (χ1n) is 11.5. The molecule has 6 heteroatoms. The number of ether oxygens (including phenoxy) is 1. The third-order valence-corrected chi connectivity index (χ3v) is 4.95. The molecule has 0 aromatic heterocycles. The molecule has 0 saturated carbocycles. The van der Waals surface area contributed by atoms with Gasteiger partial charge in [-0.3, -0.25) is 4.99 Å². The number of methoxy groups -OCH3 is 1. The van der Waals surface area contributed by atoms with Crippen molar-refractivity contribution in [2.75, 3.05) is 13.7 Å². The molecule has 2 rings (SSSR count). The van der Waals surface area contributed by atoms with Crippen LogP contribution in [0.5, 0.6) is 11.5 Å². The molecule has 1 unspecified atom stereocenters. The van der Waals surface area contributed by atoms with E-state index < -0.39 is 5.82 Å². The highest BCUT2D eigenvalue weighted by Crippen LogP contribution is 2.28. The summed E-state index contributed by atoms with van der Waals surface area (Å²) in [5, 5.41) is 9.93. The van der Waals surface area contributed by atoms with Crippen LogP contribution in [-0.4, -0.2) is 30.2 Å². The molecule has 0 saturated heterocycles. The lowest BCUT2D eigenvalue weighted by Crippen LogP contribution is -2.15. The maximum atomic E-state index is 14.1. The van der Waals surface area contributed by atoms with E-state index in [0.29, 0.717) is 11.5 Å². The van der Waals surface area contributed by atoms with E-state index in [9.17, 15) is 9.50 Å². The van der Waals surface area contributed by atoms with Crippen molar-refractivity contribution in [3.05, 3.63) is 35.4 Å². The van der Waals surface area contributed by atoms with Crippen LogP contribution in [0.4, 0.5) is 4.39 Å². The van der Waals surface area contributed by atoms with Crippen molar-refractivity contribution >= 4 is 11.4 Å². The monoisotopic (exact) mass is 435 g/mol. The summed E-state index contributed by atoms with van der Waals surface area (Å²) in [5.41, 5.74) is 6.35. The van der Waals surface area contributed by atoms with Gasteiger partial charge in [-0.1, -0.05) is 73.1 Å². The third-order valence-electron chi connectivity index (χ3n) is 4.95. The Hall–Kier alpha value is -2.37. The highest BCUT2D eigenvalue weighted by atomic mass is 19.1. The smallest absolute Gasteiger partial charge is 0.140 e. The average Bonchev–Trinajstić information content (AvgIpc) is 2.92. The lowest BCUT2D eigenvalue weighted by atomic mass is 10.0. The summed E-state index contributed by atoms with van der Waals surface area (Å²) in [7, 11) is 1.40. The number of aromatic hydroxyl groups is 1. The van der Waals surface area contributed by atoms with E-state index in [-0.39, 0.29) is 29.3 Å². The molecule has 1 aromatic carbocycles. The number of benzene rings is 1. The van der Waals surface area contributed by atoms with Gasteiger partial charge in [0.2, 0.25) is 0 Å². The minimum absolute atomic E-state index is 0.00477. The largest absolute Gasteiger partial charge is 0.507 e. The fourth-order valence-electron chi connectivity index (χ4n) is 2.94. The molecule has 0 radical (unpaired) electrons. The SMILES string of the molecule is CC.CCCCCCC(C)CC.COc1cc(O)c(C2=NCC=C(N)N=C2C)c(F)c1. The maximum absolute atomic E-state index is 14.1. The lowest BCUT2D eigenvalue weighted by Gasteiger charge is -2.10. The number of unbranched alkanes of at least 4 members (excludes halogenated alkanes) is 3.